The van der Waals surface area contributed by atoms with E-state index in [2.05, 4.69) is 41.9 Å². The van der Waals surface area contributed by atoms with E-state index in [4.69, 9.17) is 15.2 Å². The van der Waals surface area contributed by atoms with Gasteiger partial charge in [-0.3, -0.25) is 0 Å². The average molecular weight is 345 g/mol. The number of likely N-dealkylation sites (tertiary alicyclic amines) is 1. The molecule has 5 heteroatoms. The van der Waals surface area contributed by atoms with Crippen LogP contribution in [-0.4, -0.2) is 43.3 Å². The van der Waals surface area contributed by atoms with E-state index in [1.165, 1.54) is 18.4 Å². The fourth-order valence-electron chi connectivity index (χ4n) is 3.55. The van der Waals surface area contributed by atoms with E-state index in [0.717, 1.165) is 43.9 Å². The molecule has 2 atom stereocenters. The number of hydrogen-bond donors (Lipinski definition) is 1. The Morgan fingerprint density at radius 3 is 3.00 bits per heavy atom. The van der Waals surface area contributed by atoms with Crippen molar-refractivity contribution in [3.8, 4) is 5.75 Å². The van der Waals surface area contributed by atoms with Crippen LogP contribution in [0.5, 0.6) is 5.75 Å². The Labute approximate surface area is 151 Å². The van der Waals surface area contributed by atoms with Gasteiger partial charge in [-0.2, -0.15) is 0 Å². The fourth-order valence-corrected chi connectivity index (χ4v) is 3.55. The number of hydrogen-bond acceptors (Lipinski definition) is 3. The van der Waals surface area contributed by atoms with Crippen molar-refractivity contribution >= 4 is 5.96 Å². The second kappa shape index (κ2) is 8.56. The fraction of sp³-hybridized carbons (Fsp3) is 0.650. The minimum atomic E-state index is 0.219. The predicted molar refractivity (Wildman–Crippen MR) is 101 cm³/mol. The zero-order chi connectivity index (χ0) is 17.6. The summed E-state index contributed by atoms with van der Waals surface area (Å²) in [5.74, 6) is 2.24. The lowest BCUT2D eigenvalue weighted by Crippen LogP contribution is -2.43. The van der Waals surface area contributed by atoms with Gasteiger partial charge in [0.25, 0.3) is 0 Å². The quantitative estimate of drug-likeness (QED) is 0.658. The van der Waals surface area contributed by atoms with E-state index in [1.807, 2.05) is 0 Å². The number of aliphatic imine (C=N–C) groups is 1. The molecule has 0 radical (unpaired) electrons. The van der Waals surface area contributed by atoms with Crippen LogP contribution in [-0.2, 0) is 11.3 Å². The molecule has 2 heterocycles. The largest absolute Gasteiger partial charge is 0.491 e. The summed E-state index contributed by atoms with van der Waals surface area (Å²) in [6, 6.07) is 6.28. The van der Waals surface area contributed by atoms with E-state index in [9.17, 15) is 0 Å². The van der Waals surface area contributed by atoms with Gasteiger partial charge in [0, 0.05) is 25.3 Å². The van der Waals surface area contributed by atoms with Crippen molar-refractivity contribution in [1.29, 1.82) is 0 Å². The van der Waals surface area contributed by atoms with Gasteiger partial charge in [0.1, 0.15) is 12.4 Å². The molecule has 138 valence electrons. The number of rotatable bonds is 5. The Kier molecular flexibility index (Phi) is 6.19. The maximum atomic E-state index is 6.23. The van der Waals surface area contributed by atoms with Gasteiger partial charge in [0.05, 0.1) is 12.6 Å². The number of guanidine groups is 1. The van der Waals surface area contributed by atoms with Gasteiger partial charge in [-0.25, -0.2) is 4.99 Å². The Morgan fingerprint density at radius 1 is 1.36 bits per heavy atom. The number of benzene rings is 1. The smallest absolute Gasteiger partial charge is 0.191 e. The van der Waals surface area contributed by atoms with E-state index >= 15 is 0 Å². The first kappa shape index (κ1) is 18.1. The number of ether oxygens (including phenoxy) is 2. The van der Waals surface area contributed by atoms with Gasteiger partial charge >= 0.3 is 0 Å². The molecule has 0 aromatic heterocycles. The zero-order valence-corrected chi connectivity index (χ0v) is 15.5. The molecule has 0 amide bonds. The number of piperidine rings is 1. The summed E-state index contributed by atoms with van der Waals surface area (Å²) in [7, 11) is 0. The van der Waals surface area contributed by atoms with Crippen LogP contribution in [0.3, 0.4) is 0 Å². The molecule has 2 unspecified atom stereocenters. The highest BCUT2D eigenvalue weighted by molar-refractivity contribution is 5.78. The van der Waals surface area contributed by atoms with Crippen LogP contribution in [0.2, 0.25) is 0 Å². The molecular weight excluding hydrogens is 314 g/mol. The third kappa shape index (κ3) is 5.11. The first-order valence-electron chi connectivity index (χ1n) is 9.50. The molecular formula is C20H31N3O2. The van der Waals surface area contributed by atoms with Gasteiger partial charge in [-0.05, 0) is 50.2 Å². The minimum Gasteiger partial charge on any atom is -0.491 e. The van der Waals surface area contributed by atoms with Gasteiger partial charge in [-0.1, -0.05) is 19.1 Å². The van der Waals surface area contributed by atoms with E-state index in [1.54, 1.807) is 0 Å². The number of nitrogens with zero attached hydrogens (tertiary/aromatic N) is 2. The summed E-state index contributed by atoms with van der Waals surface area (Å²) in [6.07, 6.45) is 4.90. The van der Waals surface area contributed by atoms with Crippen LogP contribution < -0.4 is 10.5 Å². The van der Waals surface area contributed by atoms with Crippen LogP contribution in [0.1, 0.15) is 43.7 Å². The van der Waals surface area contributed by atoms with Crippen molar-refractivity contribution < 1.29 is 9.47 Å². The lowest BCUT2D eigenvalue weighted by molar-refractivity contribution is 0.0676. The molecule has 2 fully saturated rings. The highest BCUT2D eigenvalue weighted by Crippen LogP contribution is 2.23. The van der Waals surface area contributed by atoms with Crippen molar-refractivity contribution in [1.82, 2.24) is 4.90 Å². The summed E-state index contributed by atoms with van der Waals surface area (Å²) in [4.78, 5) is 6.84. The Bertz CT molecular complexity index is 597. The maximum absolute atomic E-state index is 6.23. The topological polar surface area (TPSA) is 60.1 Å². The maximum Gasteiger partial charge on any atom is 0.191 e. The molecule has 3 rings (SSSR count). The van der Waals surface area contributed by atoms with Crippen molar-refractivity contribution in [3.63, 3.8) is 0 Å². The van der Waals surface area contributed by atoms with Crippen LogP contribution >= 0.6 is 0 Å². The second-order valence-corrected chi connectivity index (χ2v) is 7.43. The second-order valence-electron chi connectivity index (χ2n) is 7.43. The first-order chi connectivity index (χ1) is 12.1. The zero-order valence-electron chi connectivity index (χ0n) is 15.5. The Morgan fingerprint density at radius 2 is 2.24 bits per heavy atom. The summed E-state index contributed by atoms with van der Waals surface area (Å²) in [5, 5.41) is 0. The van der Waals surface area contributed by atoms with Crippen LogP contribution in [0.25, 0.3) is 0 Å². The number of nitrogens with two attached hydrogens (primary N) is 1. The molecule has 0 spiro atoms. The van der Waals surface area contributed by atoms with Crippen molar-refractivity contribution in [2.24, 2.45) is 16.6 Å². The monoisotopic (exact) mass is 345 g/mol. The average Bonchev–Trinajstić information content (AvgIpc) is 3.12. The van der Waals surface area contributed by atoms with E-state index < -0.39 is 0 Å². The highest BCUT2D eigenvalue weighted by atomic mass is 16.5. The lowest BCUT2D eigenvalue weighted by Gasteiger charge is -2.31. The molecule has 0 bridgehead atoms. The highest BCUT2D eigenvalue weighted by Gasteiger charge is 2.18. The Balaban J connectivity index is 1.63. The van der Waals surface area contributed by atoms with E-state index in [-0.39, 0.29) is 6.10 Å². The molecule has 5 nitrogen and oxygen atoms in total. The first-order valence-corrected chi connectivity index (χ1v) is 9.50. The van der Waals surface area contributed by atoms with E-state index in [0.29, 0.717) is 25.0 Å². The SMILES string of the molecule is Cc1ccc(CN=C(N)N2CCCC(C)C2)c(OCC2CCCO2)c1. The van der Waals surface area contributed by atoms with Crippen molar-refractivity contribution in [3.05, 3.63) is 29.3 Å². The molecule has 2 N–H and O–H groups in total. The summed E-state index contributed by atoms with van der Waals surface area (Å²) in [6.45, 7) is 8.38. The summed E-state index contributed by atoms with van der Waals surface area (Å²) >= 11 is 0. The Hall–Kier alpha value is -1.75. The van der Waals surface area contributed by atoms with Crippen LogP contribution in [0.15, 0.2) is 23.2 Å². The third-order valence-corrected chi connectivity index (χ3v) is 5.06. The molecule has 2 aliphatic rings. The standard InChI is InChI=1S/C20H31N3O2/c1-15-7-8-17(19(11-15)25-14-18-6-4-10-24-18)12-22-20(21)23-9-3-5-16(2)13-23/h7-8,11,16,18H,3-6,9-10,12-14H2,1-2H3,(H2,21,22). The summed E-state index contributed by atoms with van der Waals surface area (Å²) < 4.78 is 11.7. The summed E-state index contributed by atoms with van der Waals surface area (Å²) in [5.41, 5.74) is 8.50. The van der Waals surface area contributed by atoms with Crippen LogP contribution in [0.4, 0.5) is 0 Å². The number of aryl methyl sites for hydroxylation is 1. The van der Waals surface area contributed by atoms with Crippen LogP contribution in [0, 0.1) is 12.8 Å². The molecule has 2 saturated heterocycles. The molecule has 1 aromatic rings. The van der Waals surface area contributed by atoms with Gasteiger partial charge < -0.3 is 20.1 Å². The molecule has 1 aromatic carbocycles. The minimum absolute atomic E-state index is 0.219. The van der Waals surface area contributed by atoms with Crippen molar-refractivity contribution in [2.45, 2.75) is 52.2 Å². The lowest BCUT2D eigenvalue weighted by atomic mass is 10.0. The molecule has 0 aliphatic carbocycles. The molecule has 2 aliphatic heterocycles. The molecule has 25 heavy (non-hydrogen) atoms. The predicted octanol–water partition coefficient (Wildman–Crippen LogP) is 3.10. The third-order valence-electron chi connectivity index (χ3n) is 5.06. The molecule has 0 saturated carbocycles. The van der Waals surface area contributed by atoms with Gasteiger partial charge in [0.2, 0.25) is 0 Å². The normalized spacial score (nSPS) is 24.6. The van der Waals surface area contributed by atoms with Gasteiger partial charge in [0.15, 0.2) is 5.96 Å². The van der Waals surface area contributed by atoms with Gasteiger partial charge in [-0.15, -0.1) is 0 Å². The van der Waals surface area contributed by atoms with Crippen molar-refractivity contribution in [2.75, 3.05) is 26.3 Å².